The lowest BCUT2D eigenvalue weighted by molar-refractivity contribution is -0.384. The average Bonchev–Trinajstić information content (AvgIpc) is 3.28. The zero-order chi connectivity index (χ0) is 43.2. The van der Waals surface area contributed by atoms with E-state index < -0.39 is 28.8 Å². The number of oxime groups is 1. The normalized spacial score (nSPS) is 23.2. The maximum atomic E-state index is 13.8. The third kappa shape index (κ3) is 11.1. The molecule has 0 bridgehead atoms. The third-order valence-electron chi connectivity index (χ3n) is 11.6. The largest absolute Gasteiger partial charge is 0.493 e. The van der Waals surface area contributed by atoms with Crippen molar-refractivity contribution in [2.24, 2.45) is 22.9 Å². The minimum absolute atomic E-state index is 0.00718. The van der Waals surface area contributed by atoms with Gasteiger partial charge in [0.1, 0.15) is 30.8 Å². The molecule has 61 heavy (non-hydrogen) atoms. The van der Waals surface area contributed by atoms with Gasteiger partial charge in [0.2, 0.25) is 5.79 Å². The van der Waals surface area contributed by atoms with Crippen LogP contribution in [0.5, 0.6) is 11.5 Å². The summed E-state index contributed by atoms with van der Waals surface area (Å²) in [7, 11) is 1.65. The van der Waals surface area contributed by atoms with Gasteiger partial charge in [0.05, 0.1) is 35.6 Å². The fraction of sp³-hybridized carbons (Fsp3) is 0.478. The third-order valence-corrected chi connectivity index (χ3v) is 12.8. The van der Waals surface area contributed by atoms with Gasteiger partial charge in [-0.2, -0.15) is 0 Å². The summed E-state index contributed by atoms with van der Waals surface area (Å²) < 4.78 is 26.1. The number of carbonyl (C=O) groups is 1. The van der Waals surface area contributed by atoms with Crippen molar-refractivity contribution >= 4 is 40.9 Å². The summed E-state index contributed by atoms with van der Waals surface area (Å²) >= 11 is 7.67. The van der Waals surface area contributed by atoms with Crippen LogP contribution in [0, 0.1) is 27.9 Å². The number of likely N-dealkylation sites (N-methyl/N-ethyl adjacent to an activating group) is 1. The molecular formula is C46H56ClN3O10S. The van der Waals surface area contributed by atoms with Gasteiger partial charge in [0.15, 0.2) is 0 Å². The molecule has 6 unspecified atom stereocenters. The van der Waals surface area contributed by atoms with E-state index in [4.69, 9.17) is 40.5 Å². The zero-order valence-corrected chi connectivity index (χ0v) is 36.1. The number of nitrogens with zero attached hydrogens (tertiary/aromatic N) is 3. The number of aliphatic hydroxyl groups excluding tert-OH is 2. The fourth-order valence-electron chi connectivity index (χ4n) is 8.91. The van der Waals surface area contributed by atoms with Crippen LogP contribution in [0.4, 0.5) is 10.5 Å². The molecule has 0 radical (unpaired) electrons. The number of hydrogen-bond acceptors (Lipinski definition) is 12. The van der Waals surface area contributed by atoms with Gasteiger partial charge in [0.25, 0.3) is 5.69 Å². The highest BCUT2D eigenvalue weighted by molar-refractivity contribution is 7.99. The van der Waals surface area contributed by atoms with E-state index in [9.17, 15) is 25.1 Å². The van der Waals surface area contributed by atoms with Crippen LogP contribution in [-0.2, 0) is 20.9 Å². The second-order valence-corrected chi connectivity index (χ2v) is 16.9. The number of alkyl halides is 1. The van der Waals surface area contributed by atoms with Gasteiger partial charge in [-0.3, -0.25) is 10.1 Å². The Morgan fingerprint density at radius 2 is 1.82 bits per heavy atom. The Kier molecular flexibility index (Phi) is 16.9. The fourth-order valence-corrected chi connectivity index (χ4v) is 9.74. The molecule has 1 heterocycles. The Balaban J connectivity index is 1.47. The van der Waals surface area contributed by atoms with Crippen LogP contribution >= 0.6 is 23.4 Å². The predicted octanol–water partition coefficient (Wildman–Crippen LogP) is 8.91. The van der Waals surface area contributed by atoms with Crippen molar-refractivity contribution in [1.82, 2.24) is 4.90 Å². The molecule has 6 rings (SSSR count). The number of aliphatic hydroxyl groups is 2. The van der Waals surface area contributed by atoms with Gasteiger partial charge in [-0.1, -0.05) is 48.3 Å². The first-order valence-electron chi connectivity index (χ1n) is 20.9. The van der Waals surface area contributed by atoms with Crippen LogP contribution in [0.2, 0.25) is 0 Å². The highest BCUT2D eigenvalue weighted by atomic mass is 35.5. The Hall–Kier alpha value is -4.60. The number of amides is 1. The second-order valence-electron chi connectivity index (χ2n) is 15.4. The van der Waals surface area contributed by atoms with Crippen LogP contribution in [0.25, 0.3) is 0 Å². The summed E-state index contributed by atoms with van der Waals surface area (Å²) in [6.07, 6.45) is 7.94. The number of nitro benzene ring substituents is 1. The van der Waals surface area contributed by atoms with Crippen molar-refractivity contribution in [2.75, 3.05) is 51.7 Å². The van der Waals surface area contributed by atoms with E-state index in [2.05, 4.69) is 30.9 Å². The van der Waals surface area contributed by atoms with Crippen LogP contribution < -0.4 is 9.47 Å². The molecule has 0 saturated heterocycles. The Morgan fingerprint density at radius 3 is 2.52 bits per heavy atom. The first-order valence-corrected chi connectivity index (χ1v) is 22.5. The molecule has 2 aliphatic carbocycles. The number of halogens is 1. The molecule has 2 N–H and O–H groups in total. The first kappa shape index (κ1) is 45.9. The molecule has 13 nitrogen and oxygen atoms in total. The molecule has 1 aliphatic heterocycles. The van der Waals surface area contributed by atoms with E-state index in [1.807, 2.05) is 30.3 Å². The SMILES string of the molecule is C=CCOC12Oc3ccc(OCCSc4ccccc4)cc3C3C(CCCCO)C(CCCCO)C=C(C(=NOCc4ccc([N+](=O)[O-])cc4)CC1N(C)C(=O)OCCCl)C32. The predicted molar refractivity (Wildman–Crippen MR) is 235 cm³/mol. The molecule has 1 saturated carbocycles. The van der Waals surface area contributed by atoms with E-state index >= 15 is 0 Å². The number of carbonyl (C=O) groups excluding carboxylic acids is 1. The molecule has 1 amide bonds. The summed E-state index contributed by atoms with van der Waals surface area (Å²) in [5.41, 5.74) is 3.09. The van der Waals surface area contributed by atoms with Gasteiger partial charge in [-0.25, -0.2) is 4.79 Å². The summed E-state index contributed by atoms with van der Waals surface area (Å²) in [4.78, 5) is 33.3. The topological polar surface area (TPSA) is 162 Å². The van der Waals surface area contributed by atoms with Gasteiger partial charge in [-0.15, -0.1) is 29.9 Å². The minimum Gasteiger partial charge on any atom is -0.493 e. The molecule has 3 aromatic carbocycles. The minimum atomic E-state index is -1.44. The Morgan fingerprint density at radius 1 is 1.07 bits per heavy atom. The number of nitro groups is 1. The highest BCUT2D eigenvalue weighted by Crippen LogP contribution is 2.61. The number of ether oxygens (including phenoxy) is 4. The lowest BCUT2D eigenvalue weighted by Gasteiger charge is -2.59. The Bertz CT molecular complexity index is 1990. The summed E-state index contributed by atoms with van der Waals surface area (Å²) in [5, 5.41) is 35.8. The Labute approximate surface area is 366 Å². The van der Waals surface area contributed by atoms with Crippen molar-refractivity contribution in [3.8, 4) is 11.5 Å². The number of benzene rings is 3. The smallest absolute Gasteiger partial charge is 0.410 e. The summed E-state index contributed by atoms with van der Waals surface area (Å²) in [6, 6.07) is 21.4. The number of allylic oxidation sites excluding steroid dienone is 1. The average molecular weight is 878 g/mol. The standard InChI is InChI=1S/C46H56ClN3O10S/c1-3-24-58-46-42(49(2)45(53)57-25-21-47)30-40(48-59-31-32-15-17-34(18-16-32)50(54)55)38-28-33(11-7-9-22-51)37(14-8-10-23-52)43(44(38)46)39-29-35(19-20-41(39)60-46)56-26-27-61-36-12-5-4-6-13-36/h3-6,12-13,15-20,28-29,33,37,42-44,51-52H,1,7-11,14,21-27,30-31H2,2H3. The maximum Gasteiger partial charge on any atom is 0.410 e. The molecule has 0 aromatic heterocycles. The summed E-state index contributed by atoms with van der Waals surface area (Å²) in [6.45, 7) is 4.77. The lowest BCUT2D eigenvalue weighted by atomic mass is 9.55. The van der Waals surface area contributed by atoms with E-state index in [-0.39, 0.29) is 68.8 Å². The van der Waals surface area contributed by atoms with Crippen LogP contribution in [0.15, 0.2) is 107 Å². The van der Waals surface area contributed by atoms with Crippen molar-refractivity contribution in [1.29, 1.82) is 0 Å². The maximum absolute atomic E-state index is 13.8. The van der Waals surface area contributed by atoms with Gasteiger partial charge < -0.3 is 38.9 Å². The number of non-ortho nitro benzene ring substituents is 1. The van der Waals surface area contributed by atoms with Crippen molar-refractivity contribution < 1.29 is 43.7 Å². The summed E-state index contributed by atoms with van der Waals surface area (Å²) in [5.74, 6) is 0.0714. The van der Waals surface area contributed by atoms with E-state index in [1.165, 1.54) is 17.0 Å². The van der Waals surface area contributed by atoms with E-state index in [1.54, 1.807) is 37.0 Å². The first-order chi connectivity index (χ1) is 29.7. The molecule has 6 atom stereocenters. The zero-order valence-electron chi connectivity index (χ0n) is 34.6. The molecule has 3 aliphatic rings. The second kappa shape index (κ2) is 22.5. The van der Waals surface area contributed by atoms with Gasteiger partial charge in [0, 0.05) is 60.9 Å². The number of thioether (sulfide) groups is 1. The van der Waals surface area contributed by atoms with Crippen molar-refractivity contribution in [3.05, 3.63) is 118 Å². The van der Waals surface area contributed by atoms with Crippen LogP contribution in [0.1, 0.15) is 62.0 Å². The van der Waals surface area contributed by atoms with Crippen LogP contribution in [-0.4, -0.2) is 95.4 Å². The molecule has 1 fully saturated rings. The molecule has 328 valence electrons. The quantitative estimate of drug-likeness (QED) is 0.0234. The van der Waals surface area contributed by atoms with E-state index in [0.717, 1.165) is 47.5 Å². The molecule has 3 aromatic rings. The van der Waals surface area contributed by atoms with Gasteiger partial charge >= 0.3 is 6.09 Å². The number of hydrogen-bond donors (Lipinski definition) is 2. The van der Waals surface area contributed by atoms with Crippen molar-refractivity contribution in [3.63, 3.8) is 0 Å². The number of unbranched alkanes of at least 4 members (excludes halogenated alkanes) is 2. The van der Waals surface area contributed by atoms with Gasteiger partial charge in [-0.05, 0) is 91.1 Å². The number of fused-ring (bicyclic) bond motifs is 2. The monoisotopic (exact) mass is 877 g/mol. The molecular weight excluding hydrogens is 822 g/mol. The van der Waals surface area contributed by atoms with Crippen LogP contribution in [0.3, 0.4) is 0 Å². The molecule has 0 spiro atoms. The van der Waals surface area contributed by atoms with Crippen molar-refractivity contribution in [2.45, 2.75) is 74.2 Å². The molecule has 15 heteroatoms. The number of rotatable bonds is 23. The highest BCUT2D eigenvalue weighted by Gasteiger charge is 2.65. The lowest BCUT2D eigenvalue weighted by Crippen LogP contribution is -2.69. The van der Waals surface area contributed by atoms with E-state index in [0.29, 0.717) is 42.2 Å².